The zero-order chi connectivity index (χ0) is 19.1. The minimum atomic E-state index is -4.48. The zero-order valence-corrected chi connectivity index (χ0v) is 14.2. The van der Waals surface area contributed by atoms with Crippen LogP contribution in [0, 0.1) is 11.8 Å². The molecule has 2 unspecified atom stereocenters. The molecule has 1 fully saturated rings. The van der Waals surface area contributed by atoms with Gasteiger partial charge in [0.2, 0.25) is 0 Å². The molecule has 0 bridgehead atoms. The van der Waals surface area contributed by atoms with Gasteiger partial charge in [0.05, 0.1) is 11.3 Å². The largest absolute Gasteiger partial charge is 0.416 e. The van der Waals surface area contributed by atoms with Gasteiger partial charge in [-0.25, -0.2) is 4.90 Å². The van der Waals surface area contributed by atoms with Gasteiger partial charge in [0.15, 0.2) is 0 Å². The van der Waals surface area contributed by atoms with Crippen LogP contribution in [0.5, 0.6) is 0 Å². The molecule has 140 valence electrons. The van der Waals surface area contributed by atoms with Crippen LogP contribution in [0.4, 0.5) is 18.9 Å². The second-order valence-corrected chi connectivity index (χ2v) is 6.85. The smallest absolute Gasteiger partial charge is 0.396 e. The average molecular weight is 368 g/mol. The predicted molar refractivity (Wildman–Crippen MR) is 87.9 cm³/mol. The van der Waals surface area contributed by atoms with Gasteiger partial charge in [-0.3, -0.25) is 9.59 Å². The standard InChI is InChI=1S/C18H19F3N2O3/c1-11-6-12(10-24)9-22(8-11)15-7-16(25)23(17(15)26)14-4-2-13(3-5-14)18(19,20)21/h2-5,7,11-12,24H,6,8-10H2,1H3. The first kappa shape index (κ1) is 18.4. The Morgan fingerprint density at radius 3 is 2.38 bits per heavy atom. The van der Waals surface area contributed by atoms with E-state index in [1.165, 1.54) is 6.08 Å². The van der Waals surface area contributed by atoms with Crippen molar-refractivity contribution in [2.75, 3.05) is 24.6 Å². The first-order valence-electron chi connectivity index (χ1n) is 8.34. The maximum Gasteiger partial charge on any atom is 0.416 e. The number of piperidine rings is 1. The van der Waals surface area contributed by atoms with E-state index < -0.39 is 23.6 Å². The van der Waals surface area contributed by atoms with Gasteiger partial charge in [-0.05, 0) is 42.5 Å². The third kappa shape index (κ3) is 3.46. The van der Waals surface area contributed by atoms with Gasteiger partial charge in [0.1, 0.15) is 5.70 Å². The highest BCUT2D eigenvalue weighted by molar-refractivity contribution is 6.30. The Bertz CT molecular complexity index is 743. The molecule has 2 heterocycles. The van der Waals surface area contributed by atoms with Crippen molar-refractivity contribution in [3.63, 3.8) is 0 Å². The van der Waals surface area contributed by atoms with E-state index >= 15 is 0 Å². The molecule has 1 saturated heterocycles. The number of amides is 2. The highest BCUT2D eigenvalue weighted by Gasteiger charge is 2.38. The molecular formula is C18H19F3N2O3. The number of aliphatic hydroxyl groups is 1. The van der Waals surface area contributed by atoms with E-state index in [1.54, 1.807) is 4.90 Å². The number of halogens is 3. The number of rotatable bonds is 3. The number of hydrogen-bond donors (Lipinski definition) is 1. The van der Waals surface area contributed by atoms with E-state index in [0.29, 0.717) is 13.1 Å². The summed E-state index contributed by atoms with van der Waals surface area (Å²) in [6, 6.07) is 3.92. The van der Waals surface area contributed by atoms with Crippen LogP contribution in [-0.4, -0.2) is 41.5 Å². The van der Waals surface area contributed by atoms with Crippen LogP contribution >= 0.6 is 0 Å². The summed E-state index contributed by atoms with van der Waals surface area (Å²) < 4.78 is 38.0. The normalized spacial score (nSPS) is 24.3. The van der Waals surface area contributed by atoms with E-state index in [9.17, 15) is 27.9 Å². The van der Waals surface area contributed by atoms with Gasteiger partial charge < -0.3 is 10.0 Å². The third-order valence-corrected chi connectivity index (χ3v) is 4.70. The summed E-state index contributed by atoms with van der Waals surface area (Å²) >= 11 is 0. The Morgan fingerprint density at radius 2 is 1.81 bits per heavy atom. The first-order chi connectivity index (χ1) is 12.2. The van der Waals surface area contributed by atoms with E-state index in [-0.39, 0.29) is 29.8 Å². The van der Waals surface area contributed by atoms with Crippen molar-refractivity contribution in [2.45, 2.75) is 19.5 Å². The van der Waals surface area contributed by atoms with Gasteiger partial charge in [-0.1, -0.05) is 6.92 Å². The van der Waals surface area contributed by atoms with E-state index in [4.69, 9.17) is 0 Å². The lowest BCUT2D eigenvalue weighted by Gasteiger charge is -2.37. The van der Waals surface area contributed by atoms with Crippen molar-refractivity contribution in [1.29, 1.82) is 0 Å². The summed E-state index contributed by atoms with van der Waals surface area (Å²) in [4.78, 5) is 27.6. The van der Waals surface area contributed by atoms with Crippen molar-refractivity contribution in [2.24, 2.45) is 11.8 Å². The predicted octanol–water partition coefficient (Wildman–Crippen LogP) is 2.41. The molecule has 8 heteroatoms. The number of alkyl halides is 3. The number of carbonyl (C=O) groups excluding carboxylic acids is 2. The fourth-order valence-electron chi connectivity index (χ4n) is 3.54. The SMILES string of the molecule is CC1CC(CO)CN(C2=CC(=O)N(c3ccc(C(F)(F)F)cc3)C2=O)C1. The molecule has 2 aliphatic rings. The van der Waals surface area contributed by atoms with Crippen LogP contribution in [0.1, 0.15) is 18.9 Å². The second kappa shape index (κ2) is 6.75. The van der Waals surface area contributed by atoms with Crippen LogP contribution in [0.3, 0.4) is 0 Å². The molecule has 3 rings (SSSR count). The van der Waals surface area contributed by atoms with Gasteiger partial charge in [-0.2, -0.15) is 13.2 Å². The molecule has 26 heavy (non-hydrogen) atoms. The van der Waals surface area contributed by atoms with Gasteiger partial charge in [0.25, 0.3) is 11.8 Å². The summed E-state index contributed by atoms with van der Waals surface area (Å²) in [7, 11) is 0. The molecule has 1 aromatic carbocycles. The molecule has 5 nitrogen and oxygen atoms in total. The minimum Gasteiger partial charge on any atom is -0.396 e. The number of nitrogens with zero attached hydrogens (tertiary/aromatic N) is 2. The summed E-state index contributed by atoms with van der Waals surface area (Å²) in [5.74, 6) is -0.864. The van der Waals surface area contributed by atoms with Crippen molar-refractivity contribution >= 4 is 17.5 Å². The van der Waals surface area contributed by atoms with Gasteiger partial charge >= 0.3 is 6.18 Å². The summed E-state index contributed by atoms with van der Waals surface area (Å²) in [6.45, 7) is 3.05. The second-order valence-electron chi connectivity index (χ2n) is 6.85. The number of imide groups is 1. The number of likely N-dealkylation sites (tertiary alicyclic amines) is 1. The fourth-order valence-corrected chi connectivity index (χ4v) is 3.54. The lowest BCUT2D eigenvalue weighted by atomic mass is 9.90. The summed E-state index contributed by atoms with van der Waals surface area (Å²) in [5.41, 5.74) is -0.521. The maximum atomic E-state index is 12.7. The molecular weight excluding hydrogens is 349 g/mol. The van der Waals surface area contributed by atoms with Crippen LogP contribution in [0.25, 0.3) is 0 Å². The highest BCUT2D eigenvalue weighted by Crippen LogP contribution is 2.33. The third-order valence-electron chi connectivity index (χ3n) is 4.70. The highest BCUT2D eigenvalue weighted by atomic mass is 19.4. The molecule has 2 amide bonds. The average Bonchev–Trinajstić information content (AvgIpc) is 2.88. The van der Waals surface area contributed by atoms with Crippen LogP contribution in [-0.2, 0) is 15.8 Å². The lowest BCUT2D eigenvalue weighted by molar-refractivity contribution is -0.137. The molecule has 1 aromatic rings. The van der Waals surface area contributed by atoms with Gasteiger partial charge in [-0.15, -0.1) is 0 Å². The molecule has 2 atom stereocenters. The van der Waals surface area contributed by atoms with Crippen molar-refractivity contribution in [1.82, 2.24) is 4.90 Å². The number of hydrogen-bond acceptors (Lipinski definition) is 4. The molecule has 0 aliphatic carbocycles. The van der Waals surface area contributed by atoms with Crippen molar-refractivity contribution < 1.29 is 27.9 Å². The monoisotopic (exact) mass is 368 g/mol. The Hall–Kier alpha value is -2.35. The van der Waals surface area contributed by atoms with E-state index in [0.717, 1.165) is 35.6 Å². The van der Waals surface area contributed by atoms with Crippen LogP contribution in [0.15, 0.2) is 36.0 Å². The molecule has 0 spiro atoms. The molecule has 0 aromatic heterocycles. The Morgan fingerprint density at radius 1 is 1.15 bits per heavy atom. The maximum absolute atomic E-state index is 12.7. The number of anilines is 1. The number of aliphatic hydroxyl groups excluding tert-OH is 1. The van der Waals surface area contributed by atoms with E-state index in [1.807, 2.05) is 6.92 Å². The Labute approximate surface area is 148 Å². The molecule has 1 N–H and O–H groups in total. The number of benzene rings is 1. The van der Waals surface area contributed by atoms with Crippen molar-refractivity contribution in [3.8, 4) is 0 Å². The lowest BCUT2D eigenvalue weighted by Crippen LogP contribution is -2.43. The Kier molecular flexibility index (Phi) is 4.79. The number of carbonyl (C=O) groups is 2. The molecule has 2 aliphatic heterocycles. The minimum absolute atomic E-state index is 0.00112. The van der Waals surface area contributed by atoms with Crippen molar-refractivity contribution in [3.05, 3.63) is 41.6 Å². The van der Waals surface area contributed by atoms with Crippen LogP contribution in [0.2, 0.25) is 0 Å². The zero-order valence-electron chi connectivity index (χ0n) is 14.2. The molecule has 0 radical (unpaired) electrons. The fraction of sp³-hybridized carbons (Fsp3) is 0.444. The summed E-state index contributed by atoms with van der Waals surface area (Å²) in [5, 5.41) is 9.41. The Balaban J connectivity index is 1.81. The van der Waals surface area contributed by atoms with Crippen LogP contribution < -0.4 is 4.90 Å². The van der Waals surface area contributed by atoms with E-state index in [2.05, 4.69) is 0 Å². The first-order valence-corrected chi connectivity index (χ1v) is 8.34. The quantitative estimate of drug-likeness (QED) is 0.833. The summed E-state index contributed by atoms with van der Waals surface area (Å²) in [6.07, 6.45) is -2.43. The van der Waals surface area contributed by atoms with Gasteiger partial charge in [0, 0.05) is 25.8 Å². The molecule has 0 saturated carbocycles. The topological polar surface area (TPSA) is 60.9 Å².